The van der Waals surface area contributed by atoms with Crippen molar-refractivity contribution in [1.82, 2.24) is 15.6 Å². The molecule has 2 aromatic carbocycles. The Morgan fingerprint density at radius 2 is 2.00 bits per heavy atom. The molecule has 0 spiro atoms. The maximum Gasteiger partial charge on any atom is 0.414 e. The van der Waals surface area contributed by atoms with Crippen molar-refractivity contribution in [2.45, 2.75) is 26.0 Å². The van der Waals surface area contributed by atoms with Crippen LogP contribution in [0.15, 0.2) is 66.9 Å². The van der Waals surface area contributed by atoms with E-state index in [1.54, 1.807) is 18.3 Å². The number of pyridine rings is 1. The molecule has 0 radical (unpaired) electrons. The van der Waals surface area contributed by atoms with E-state index in [0.717, 1.165) is 29.8 Å². The Morgan fingerprint density at radius 3 is 2.71 bits per heavy atom. The molecule has 1 unspecified atom stereocenters. The fourth-order valence-corrected chi connectivity index (χ4v) is 3.80. The van der Waals surface area contributed by atoms with Gasteiger partial charge in [0.15, 0.2) is 0 Å². The Balaban J connectivity index is 1.33. The predicted octanol–water partition coefficient (Wildman–Crippen LogP) is 3.68. The van der Waals surface area contributed by atoms with Gasteiger partial charge in [-0.15, -0.1) is 0 Å². The third-order valence-corrected chi connectivity index (χ3v) is 5.60. The predicted molar refractivity (Wildman–Crippen MR) is 128 cm³/mol. The molecule has 8 heteroatoms. The molecule has 4 rings (SSSR count). The second-order valence-corrected chi connectivity index (χ2v) is 8.16. The summed E-state index contributed by atoms with van der Waals surface area (Å²) >= 11 is 0. The van der Waals surface area contributed by atoms with Crippen LogP contribution in [0.4, 0.5) is 14.9 Å². The lowest BCUT2D eigenvalue weighted by atomic mass is 10.0. The van der Waals surface area contributed by atoms with Crippen LogP contribution >= 0.6 is 0 Å². The van der Waals surface area contributed by atoms with Crippen LogP contribution in [0.5, 0.6) is 0 Å². The lowest BCUT2D eigenvalue weighted by Crippen LogP contribution is -2.33. The summed E-state index contributed by atoms with van der Waals surface area (Å²) in [6, 6.07) is 18.3. The highest BCUT2D eigenvalue weighted by Gasteiger charge is 2.32. The second-order valence-electron chi connectivity index (χ2n) is 8.16. The van der Waals surface area contributed by atoms with Gasteiger partial charge >= 0.3 is 6.09 Å². The molecule has 1 fully saturated rings. The number of benzene rings is 2. The minimum absolute atomic E-state index is 0.198. The Hall–Kier alpha value is -3.78. The summed E-state index contributed by atoms with van der Waals surface area (Å²) in [5, 5.41) is 6.02. The van der Waals surface area contributed by atoms with Gasteiger partial charge in [-0.1, -0.05) is 30.3 Å². The van der Waals surface area contributed by atoms with Crippen molar-refractivity contribution in [2.24, 2.45) is 0 Å². The first-order valence-electron chi connectivity index (χ1n) is 11.2. The van der Waals surface area contributed by atoms with Gasteiger partial charge < -0.3 is 15.4 Å². The van der Waals surface area contributed by atoms with Gasteiger partial charge in [0.1, 0.15) is 11.9 Å². The standard InChI is InChI=1S/C26H27FN4O3/c1-18(32)30-16-23-17-31(26(33)34-23)22-9-10-24(25(27)14-22)20-7-5-19(6-8-20)15-28-13-11-21-4-2-3-12-29-21/h2-10,12,14,23,28H,11,13,15-17H2,1H3,(H,30,32). The smallest absolute Gasteiger partial charge is 0.414 e. The minimum atomic E-state index is -0.553. The molecule has 0 bridgehead atoms. The lowest BCUT2D eigenvalue weighted by Gasteiger charge is -2.15. The lowest BCUT2D eigenvalue weighted by molar-refractivity contribution is -0.119. The summed E-state index contributed by atoms with van der Waals surface area (Å²) in [7, 11) is 0. The van der Waals surface area contributed by atoms with Gasteiger partial charge in [-0.25, -0.2) is 9.18 Å². The summed E-state index contributed by atoms with van der Waals surface area (Å²) in [4.78, 5) is 28.9. The largest absolute Gasteiger partial charge is 0.442 e. The number of cyclic esters (lactones) is 1. The van der Waals surface area contributed by atoms with E-state index in [2.05, 4.69) is 15.6 Å². The monoisotopic (exact) mass is 462 g/mol. The highest BCUT2D eigenvalue weighted by molar-refractivity contribution is 5.90. The molecule has 2 heterocycles. The van der Waals surface area contributed by atoms with E-state index >= 15 is 0 Å². The Labute approximate surface area is 198 Å². The maximum absolute atomic E-state index is 14.9. The van der Waals surface area contributed by atoms with Crippen LogP contribution in [-0.4, -0.2) is 42.7 Å². The molecule has 1 atom stereocenters. The Kier molecular flexibility index (Phi) is 7.49. The van der Waals surface area contributed by atoms with Crippen molar-refractivity contribution in [3.63, 3.8) is 0 Å². The molecular formula is C26H27FN4O3. The fraction of sp³-hybridized carbons (Fsp3) is 0.269. The third kappa shape index (κ3) is 5.96. The minimum Gasteiger partial charge on any atom is -0.442 e. The number of halogens is 1. The van der Waals surface area contributed by atoms with Crippen molar-refractivity contribution in [2.75, 3.05) is 24.5 Å². The quantitative estimate of drug-likeness (QED) is 0.474. The molecule has 1 aromatic heterocycles. The molecule has 0 aliphatic carbocycles. The Morgan fingerprint density at radius 1 is 1.18 bits per heavy atom. The van der Waals surface area contributed by atoms with E-state index in [-0.39, 0.29) is 19.0 Å². The molecular weight excluding hydrogens is 435 g/mol. The average molecular weight is 463 g/mol. The van der Waals surface area contributed by atoms with Crippen molar-refractivity contribution in [3.8, 4) is 11.1 Å². The third-order valence-electron chi connectivity index (χ3n) is 5.60. The van der Waals surface area contributed by atoms with Crippen LogP contribution in [0.25, 0.3) is 11.1 Å². The van der Waals surface area contributed by atoms with Crippen molar-refractivity contribution in [1.29, 1.82) is 0 Å². The normalized spacial score (nSPS) is 15.3. The number of carbonyl (C=O) groups excluding carboxylic acids is 2. The highest BCUT2D eigenvalue weighted by atomic mass is 19.1. The SMILES string of the molecule is CC(=O)NCC1CN(c2ccc(-c3ccc(CNCCc4ccccn4)cc3)c(F)c2)C(=O)O1. The van der Waals surface area contributed by atoms with E-state index < -0.39 is 18.0 Å². The van der Waals surface area contributed by atoms with E-state index in [9.17, 15) is 14.0 Å². The molecule has 1 aliphatic rings. The van der Waals surface area contributed by atoms with Crippen molar-refractivity contribution >= 4 is 17.7 Å². The molecule has 3 aromatic rings. The van der Waals surface area contributed by atoms with E-state index in [1.807, 2.05) is 42.5 Å². The first-order chi connectivity index (χ1) is 16.5. The summed E-state index contributed by atoms with van der Waals surface area (Å²) in [6.07, 6.45) is 1.63. The van der Waals surface area contributed by atoms with Crippen LogP contribution in [0.2, 0.25) is 0 Å². The highest BCUT2D eigenvalue weighted by Crippen LogP contribution is 2.29. The molecule has 176 valence electrons. The van der Waals surface area contributed by atoms with Gasteiger partial charge in [0.2, 0.25) is 5.91 Å². The number of hydrogen-bond acceptors (Lipinski definition) is 5. The van der Waals surface area contributed by atoms with Crippen LogP contribution in [0.3, 0.4) is 0 Å². The van der Waals surface area contributed by atoms with Gasteiger partial charge in [0, 0.05) is 43.9 Å². The number of hydrogen-bond donors (Lipinski definition) is 2. The van der Waals surface area contributed by atoms with Crippen LogP contribution in [-0.2, 0) is 22.5 Å². The first kappa shape index (κ1) is 23.4. The molecule has 0 saturated carbocycles. The summed E-state index contributed by atoms with van der Waals surface area (Å²) in [5.74, 6) is -0.618. The van der Waals surface area contributed by atoms with Gasteiger partial charge in [0.05, 0.1) is 18.8 Å². The van der Waals surface area contributed by atoms with Crippen LogP contribution in [0, 0.1) is 5.82 Å². The zero-order valence-electron chi connectivity index (χ0n) is 19.0. The van der Waals surface area contributed by atoms with E-state index in [0.29, 0.717) is 17.8 Å². The number of amides is 2. The van der Waals surface area contributed by atoms with Gasteiger partial charge in [-0.2, -0.15) is 0 Å². The molecule has 2 N–H and O–H groups in total. The topological polar surface area (TPSA) is 83.6 Å². The number of anilines is 1. The summed E-state index contributed by atoms with van der Waals surface area (Å²) in [5.41, 5.74) is 3.79. The molecule has 2 amide bonds. The number of ether oxygens (including phenoxy) is 1. The average Bonchev–Trinajstić information content (AvgIpc) is 3.22. The van der Waals surface area contributed by atoms with Gasteiger partial charge in [0.25, 0.3) is 0 Å². The van der Waals surface area contributed by atoms with Gasteiger partial charge in [-0.05, 0) is 41.5 Å². The molecule has 1 aliphatic heterocycles. The number of aromatic nitrogens is 1. The van der Waals surface area contributed by atoms with E-state index in [1.165, 1.54) is 17.9 Å². The number of carbonyl (C=O) groups is 2. The Bertz CT molecular complexity index is 1140. The molecule has 7 nitrogen and oxygen atoms in total. The molecule has 34 heavy (non-hydrogen) atoms. The van der Waals surface area contributed by atoms with Crippen molar-refractivity contribution < 1.29 is 18.7 Å². The van der Waals surface area contributed by atoms with Crippen LogP contribution in [0.1, 0.15) is 18.2 Å². The molecule has 1 saturated heterocycles. The summed E-state index contributed by atoms with van der Waals surface area (Å²) in [6.45, 7) is 3.41. The number of nitrogens with one attached hydrogen (secondary N) is 2. The zero-order valence-corrected chi connectivity index (χ0v) is 19.0. The second kappa shape index (κ2) is 10.9. The van der Waals surface area contributed by atoms with Gasteiger partial charge in [-0.3, -0.25) is 14.7 Å². The number of rotatable bonds is 9. The van der Waals surface area contributed by atoms with Crippen LogP contribution < -0.4 is 15.5 Å². The fourth-order valence-electron chi connectivity index (χ4n) is 3.80. The number of nitrogens with zero attached hydrogens (tertiary/aromatic N) is 2. The first-order valence-corrected chi connectivity index (χ1v) is 11.2. The summed E-state index contributed by atoms with van der Waals surface area (Å²) < 4.78 is 20.2. The maximum atomic E-state index is 14.9. The van der Waals surface area contributed by atoms with E-state index in [4.69, 9.17) is 4.74 Å². The van der Waals surface area contributed by atoms with Crippen molar-refractivity contribution in [3.05, 3.63) is 83.9 Å². The zero-order chi connectivity index (χ0) is 23.9.